The number of pyridine rings is 1. The lowest BCUT2D eigenvalue weighted by molar-refractivity contribution is -0.152. The van der Waals surface area contributed by atoms with Gasteiger partial charge in [-0.3, -0.25) is 9.78 Å². The Hall–Kier alpha value is -2.27. The van der Waals surface area contributed by atoms with Gasteiger partial charge in [-0.2, -0.15) is 0 Å². The van der Waals surface area contributed by atoms with Crippen LogP contribution in [-0.2, 0) is 14.3 Å². The summed E-state index contributed by atoms with van der Waals surface area (Å²) in [6, 6.07) is 6.61. The maximum absolute atomic E-state index is 13.7. The molecule has 3 rings (SSSR count). The molecule has 0 N–H and O–H groups in total. The molecule has 0 saturated carbocycles. The van der Waals surface area contributed by atoms with Gasteiger partial charge in [-0.1, -0.05) is 6.08 Å². The molecule has 2 aromatic rings. The van der Waals surface area contributed by atoms with Gasteiger partial charge in [-0.15, -0.1) is 0 Å². The Balaban J connectivity index is 1.83. The molecular weight excluding hydrogens is 333 g/mol. The van der Waals surface area contributed by atoms with Gasteiger partial charge in [0.1, 0.15) is 5.82 Å². The monoisotopic (exact) mass is 357 g/mol. The quantitative estimate of drug-likeness (QED) is 0.720. The van der Waals surface area contributed by atoms with Crippen LogP contribution in [0, 0.1) is 17.7 Å². The molecule has 1 aromatic heterocycles. The number of methoxy groups -OCH3 is 1. The molecule has 4 nitrogen and oxygen atoms in total. The Morgan fingerprint density at radius 3 is 2.92 bits per heavy atom. The van der Waals surface area contributed by atoms with Crippen molar-refractivity contribution < 1.29 is 18.7 Å². The Labute approximate surface area is 153 Å². The summed E-state index contributed by atoms with van der Waals surface area (Å²) in [4.78, 5) is 16.5. The highest BCUT2D eigenvalue weighted by atomic mass is 19.1. The molecule has 5 heteroatoms. The van der Waals surface area contributed by atoms with E-state index in [0.29, 0.717) is 13.2 Å². The number of carbonyl (C=O) groups excluding carboxylic acids is 1. The molecule has 0 bridgehead atoms. The summed E-state index contributed by atoms with van der Waals surface area (Å²) < 4.78 is 24.1. The number of carbonyl (C=O) groups is 1. The number of hydrogen-bond donors (Lipinski definition) is 0. The molecule has 1 aliphatic carbocycles. The molecule has 1 aromatic carbocycles. The van der Waals surface area contributed by atoms with Crippen molar-refractivity contribution in [3.8, 4) is 0 Å². The number of ether oxygens (including phenoxy) is 2. The molecule has 0 amide bonds. The van der Waals surface area contributed by atoms with Crippen molar-refractivity contribution in [1.29, 1.82) is 0 Å². The fourth-order valence-corrected chi connectivity index (χ4v) is 3.69. The van der Waals surface area contributed by atoms with E-state index >= 15 is 0 Å². The van der Waals surface area contributed by atoms with Gasteiger partial charge in [-0.25, -0.2) is 4.39 Å². The molecule has 1 heterocycles. The number of halogens is 1. The maximum atomic E-state index is 13.7. The summed E-state index contributed by atoms with van der Waals surface area (Å²) >= 11 is 0. The largest absolute Gasteiger partial charge is 0.466 e. The van der Waals surface area contributed by atoms with Crippen molar-refractivity contribution in [3.05, 3.63) is 47.9 Å². The lowest BCUT2D eigenvalue weighted by Crippen LogP contribution is -2.30. The predicted octanol–water partition coefficient (Wildman–Crippen LogP) is 4.38. The van der Waals surface area contributed by atoms with Gasteiger partial charge >= 0.3 is 5.97 Å². The van der Waals surface area contributed by atoms with Crippen LogP contribution in [0.25, 0.3) is 16.5 Å². The average molecular weight is 357 g/mol. The van der Waals surface area contributed by atoms with E-state index in [0.717, 1.165) is 35.7 Å². The van der Waals surface area contributed by atoms with Crippen molar-refractivity contribution in [2.75, 3.05) is 20.3 Å². The lowest BCUT2D eigenvalue weighted by Gasteiger charge is -2.28. The van der Waals surface area contributed by atoms with E-state index in [2.05, 4.69) is 11.1 Å². The van der Waals surface area contributed by atoms with Gasteiger partial charge in [0.15, 0.2) is 0 Å². The van der Waals surface area contributed by atoms with E-state index in [-0.39, 0.29) is 23.6 Å². The third kappa shape index (κ3) is 3.93. The van der Waals surface area contributed by atoms with Gasteiger partial charge < -0.3 is 9.47 Å². The molecule has 0 saturated heterocycles. The van der Waals surface area contributed by atoms with Gasteiger partial charge in [0.25, 0.3) is 0 Å². The number of fused-ring (bicyclic) bond motifs is 1. The van der Waals surface area contributed by atoms with Gasteiger partial charge in [0.05, 0.1) is 24.6 Å². The van der Waals surface area contributed by atoms with Crippen LogP contribution in [-0.4, -0.2) is 31.3 Å². The van der Waals surface area contributed by atoms with Gasteiger partial charge in [0.2, 0.25) is 0 Å². The molecule has 0 radical (unpaired) electrons. The van der Waals surface area contributed by atoms with Crippen LogP contribution in [0.5, 0.6) is 0 Å². The fraction of sp³-hybridized carbons (Fsp3) is 0.429. The summed E-state index contributed by atoms with van der Waals surface area (Å²) in [5.74, 6) is -0.497. The lowest BCUT2D eigenvalue weighted by atomic mass is 9.79. The molecule has 138 valence electrons. The first kappa shape index (κ1) is 18.5. The minimum atomic E-state index is -0.261. The Morgan fingerprint density at radius 1 is 1.38 bits per heavy atom. The minimum Gasteiger partial charge on any atom is -0.466 e. The number of hydrogen-bond acceptors (Lipinski definition) is 4. The number of allylic oxidation sites excluding steroid dienone is 2. The zero-order valence-electron chi connectivity index (χ0n) is 15.2. The van der Waals surface area contributed by atoms with E-state index in [4.69, 9.17) is 9.47 Å². The van der Waals surface area contributed by atoms with Crippen molar-refractivity contribution in [2.45, 2.75) is 26.2 Å². The zero-order valence-corrected chi connectivity index (χ0v) is 15.2. The molecule has 2 unspecified atom stereocenters. The van der Waals surface area contributed by atoms with Crippen LogP contribution in [0.2, 0.25) is 0 Å². The van der Waals surface area contributed by atoms with Gasteiger partial charge in [-0.05, 0) is 67.5 Å². The van der Waals surface area contributed by atoms with E-state index < -0.39 is 0 Å². The third-order valence-corrected chi connectivity index (χ3v) is 5.01. The normalized spacial score (nSPS) is 18.4. The van der Waals surface area contributed by atoms with E-state index in [1.54, 1.807) is 19.4 Å². The number of rotatable bonds is 6. The van der Waals surface area contributed by atoms with Crippen molar-refractivity contribution >= 4 is 22.4 Å². The van der Waals surface area contributed by atoms with E-state index in [1.807, 2.05) is 13.0 Å². The van der Waals surface area contributed by atoms with E-state index in [9.17, 15) is 9.18 Å². The minimum absolute atomic E-state index is 0.187. The molecule has 1 aliphatic rings. The summed E-state index contributed by atoms with van der Waals surface area (Å²) in [5, 5.41) is 0.830. The van der Waals surface area contributed by atoms with Crippen LogP contribution >= 0.6 is 0 Å². The van der Waals surface area contributed by atoms with Crippen LogP contribution < -0.4 is 0 Å². The summed E-state index contributed by atoms with van der Waals surface area (Å²) in [6.45, 7) is 2.56. The first-order valence-corrected chi connectivity index (χ1v) is 9.03. The number of esters is 1. The molecule has 0 fully saturated rings. The first-order chi connectivity index (χ1) is 12.6. The highest BCUT2D eigenvalue weighted by molar-refractivity contribution is 5.91. The molecule has 0 spiro atoms. The molecule has 2 atom stereocenters. The highest BCUT2D eigenvalue weighted by Gasteiger charge is 2.31. The second-order valence-electron chi connectivity index (χ2n) is 6.60. The maximum Gasteiger partial charge on any atom is 0.311 e. The SMILES string of the molecule is CCOC(=O)C(COC)C1CC=C(c2ccnc3ccc(F)cc23)CC1. The summed E-state index contributed by atoms with van der Waals surface area (Å²) in [5.41, 5.74) is 2.99. The van der Waals surface area contributed by atoms with Gasteiger partial charge in [0, 0.05) is 18.7 Å². The Bertz CT molecular complexity index is 818. The van der Waals surface area contributed by atoms with Crippen LogP contribution in [0.4, 0.5) is 4.39 Å². The molecular formula is C21H24FNO3. The average Bonchev–Trinajstić information content (AvgIpc) is 2.66. The standard InChI is InChI=1S/C21H24FNO3/c1-3-26-21(24)19(13-25-2)15-6-4-14(5-7-15)17-10-11-23-20-9-8-16(22)12-18(17)20/h4,8-12,15,19H,3,5-7,13H2,1-2H3. The molecule has 0 aliphatic heterocycles. The Morgan fingerprint density at radius 2 is 2.23 bits per heavy atom. The third-order valence-electron chi connectivity index (χ3n) is 5.01. The first-order valence-electron chi connectivity index (χ1n) is 9.03. The smallest absolute Gasteiger partial charge is 0.311 e. The molecule has 26 heavy (non-hydrogen) atoms. The van der Waals surface area contributed by atoms with Crippen LogP contribution in [0.3, 0.4) is 0 Å². The number of nitrogens with zero attached hydrogens (tertiary/aromatic N) is 1. The second kappa shape index (κ2) is 8.41. The van der Waals surface area contributed by atoms with Crippen LogP contribution in [0.15, 0.2) is 36.5 Å². The highest BCUT2D eigenvalue weighted by Crippen LogP contribution is 2.36. The van der Waals surface area contributed by atoms with Crippen LogP contribution in [0.1, 0.15) is 31.7 Å². The number of benzene rings is 1. The fourth-order valence-electron chi connectivity index (χ4n) is 3.69. The van der Waals surface area contributed by atoms with E-state index in [1.165, 1.54) is 17.7 Å². The van der Waals surface area contributed by atoms with Crippen molar-refractivity contribution in [3.63, 3.8) is 0 Å². The second-order valence-corrected chi connectivity index (χ2v) is 6.60. The summed E-state index contributed by atoms with van der Waals surface area (Å²) in [6.07, 6.45) is 6.41. The number of aromatic nitrogens is 1. The predicted molar refractivity (Wildman–Crippen MR) is 99.0 cm³/mol. The van der Waals surface area contributed by atoms with Crippen molar-refractivity contribution in [1.82, 2.24) is 4.98 Å². The zero-order chi connectivity index (χ0) is 18.5. The van der Waals surface area contributed by atoms with Crippen molar-refractivity contribution in [2.24, 2.45) is 11.8 Å². The Kier molecular flexibility index (Phi) is 5.99. The summed E-state index contributed by atoms with van der Waals surface area (Å²) in [7, 11) is 1.61. The topological polar surface area (TPSA) is 48.4 Å².